The normalized spacial score (nSPS) is 10.8. The second-order valence-electron chi connectivity index (χ2n) is 7.52. The molecule has 0 saturated heterocycles. The van der Waals surface area contributed by atoms with Crippen LogP contribution in [0.25, 0.3) is 10.8 Å². The summed E-state index contributed by atoms with van der Waals surface area (Å²) in [4.78, 5) is 24.3. The van der Waals surface area contributed by atoms with Gasteiger partial charge in [0.1, 0.15) is 12.4 Å². The number of rotatable bonds is 6. The number of nitrogens with one attached hydrogen (secondary N) is 2. The van der Waals surface area contributed by atoms with Crippen molar-refractivity contribution in [3.8, 4) is 5.75 Å². The Balaban J connectivity index is 1.28. The van der Waals surface area contributed by atoms with Crippen LogP contribution in [0, 0.1) is 6.92 Å². The molecule has 4 aromatic rings. The van der Waals surface area contributed by atoms with Gasteiger partial charge in [0.2, 0.25) is 0 Å². The van der Waals surface area contributed by atoms with E-state index in [1.807, 2.05) is 79.7 Å². The summed E-state index contributed by atoms with van der Waals surface area (Å²) in [6, 6.07) is 28.6. The quantitative estimate of drug-likeness (QED) is 0.258. The lowest BCUT2D eigenvalue weighted by Crippen LogP contribution is -2.32. The average molecular weight is 437 g/mol. The van der Waals surface area contributed by atoms with Gasteiger partial charge < -0.3 is 10.1 Å². The number of hydrogen-bond donors (Lipinski definition) is 2. The zero-order valence-corrected chi connectivity index (χ0v) is 18.1. The summed E-state index contributed by atoms with van der Waals surface area (Å²) in [5, 5.41) is 8.33. The first-order valence-electron chi connectivity index (χ1n) is 10.5. The van der Waals surface area contributed by atoms with E-state index in [4.69, 9.17) is 4.74 Å². The molecule has 164 valence electrons. The van der Waals surface area contributed by atoms with E-state index in [1.54, 1.807) is 6.07 Å². The number of nitrogens with zero attached hydrogens (tertiary/aromatic N) is 1. The molecule has 0 aliphatic rings. The van der Waals surface area contributed by atoms with Crippen LogP contribution in [0.5, 0.6) is 5.75 Å². The van der Waals surface area contributed by atoms with Crippen molar-refractivity contribution in [2.45, 2.75) is 13.5 Å². The van der Waals surface area contributed by atoms with Crippen LogP contribution in [-0.2, 0) is 16.2 Å². The van der Waals surface area contributed by atoms with Gasteiger partial charge in [-0.05, 0) is 53.8 Å². The number of anilines is 1. The van der Waals surface area contributed by atoms with Gasteiger partial charge in [-0.1, -0.05) is 66.2 Å². The van der Waals surface area contributed by atoms with Crippen LogP contribution < -0.4 is 15.5 Å². The average Bonchev–Trinajstić information content (AvgIpc) is 2.84. The van der Waals surface area contributed by atoms with E-state index in [2.05, 4.69) is 28.0 Å². The maximum absolute atomic E-state index is 12.2. The molecule has 0 unspecified atom stereocenters. The minimum absolute atomic E-state index is 0.482. The summed E-state index contributed by atoms with van der Waals surface area (Å²) in [7, 11) is 0. The highest BCUT2D eigenvalue weighted by molar-refractivity contribution is 6.40. The number of ether oxygens (including phenoxy) is 1. The number of carbonyl (C=O) groups excluding carboxylic acids is 2. The van der Waals surface area contributed by atoms with Crippen molar-refractivity contribution in [3.63, 3.8) is 0 Å². The number of hydrazone groups is 1. The molecule has 0 bridgehead atoms. The molecule has 4 aromatic carbocycles. The highest BCUT2D eigenvalue weighted by atomic mass is 16.5. The molecule has 0 spiro atoms. The van der Waals surface area contributed by atoms with Crippen LogP contribution in [-0.4, -0.2) is 18.0 Å². The van der Waals surface area contributed by atoms with Crippen LogP contribution in [0.1, 0.15) is 16.7 Å². The SMILES string of the molecule is Cc1ccc(COc2ccc(C=NNC(=O)C(=O)Nc3cccc4ccccc34)cc2)cc1. The summed E-state index contributed by atoms with van der Waals surface area (Å²) >= 11 is 0. The summed E-state index contributed by atoms with van der Waals surface area (Å²) < 4.78 is 5.78. The Kier molecular flexibility index (Phi) is 6.75. The first kappa shape index (κ1) is 21.8. The van der Waals surface area contributed by atoms with Crippen molar-refractivity contribution < 1.29 is 14.3 Å². The van der Waals surface area contributed by atoms with Crippen molar-refractivity contribution in [2.75, 3.05) is 5.32 Å². The Hall–Kier alpha value is -4.45. The molecule has 0 radical (unpaired) electrons. The molecule has 2 N–H and O–H groups in total. The molecular weight excluding hydrogens is 414 g/mol. The molecule has 0 aliphatic heterocycles. The number of hydrogen-bond acceptors (Lipinski definition) is 4. The number of aryl methyl sites for hydroxylation is 1. The molecule has 4 rings (SSSR count). The Morgan fingerprint density at radius 1 is 0.848 bits per heavy atom. The maximum Gasteiger partial charge on any atom is 0.329 e. The van der Waals surface area contributed by atoms with E-state index in [0.29, 0.717) is 12.3 Å². The fraction of sp³-hybridized carbons (Fsp3) is 0.0741. The van der Waals surface area contributed by atoms with Crippen molar-refractivity contribution in [2.24, 2.45) is 5.10 Å². The second-order valence-corrected chi connectivity index (χ2v) is 7.52. The Bertz CT molecular complexity index is 1290. The summed E-state index contributed by atoms with van der Waals surface area (Å²) in [6.45, 7) is 2.53. The molecule has 0 heterocycles. The highest BCUT2D eigenvalue weighted by Crippen LogP contribution is 2.22. The second kappa shape index (κ2) is 10.2. The highest BCUT2D eigenvalue weighted by Gasteiger charge is 2.14. The molecular formula is C27H23N3O3. The third kappa shape index (κ3) is 5.83. The van der Waals surface area contributed by atoms with Crippen molar-refractivity contribution in [3.05, 3.63) is 108 Å². The van der Waals surface area contributed by atoms with Crippen LogP contribution in [0.3, 0.4) is 0 Å². The minimum Gasteiger partial charge on any atom is -0.489 e. The zero-order chi connectivity index (χ0) is 23.0. The van der Waals surface area contributed by atoms with Gasteiger partial charge in [0.25, 0.3) is 0 Å². The molecule has 0 atom stereocenters. The molecule has 0 saturated carbocycles. The predicted octanol–water partition coefficient (Wildman–Crippen LogP) is 4.82. The first-order valence-corrected chi connectivity index (χ1v) is 10.5. The number of fused-ring (bicyclic) bond motifs is 1. The monoisotopic (exact) mass is 437 g/mol. The van der Waals surface area contributed by atoms with Crippen LogP contribution in [0.4, 0.5) is 5.69 Å². The number of amides is 2. The molecule has 6 nitrogen and oxygen atoms in total. The molecule has 6 heteroatoms. The third-order valence-electron chi connectivity index (χ3n) is 5.03. The Labute approximate surface area is 191 Å². The zero-order valence-electron chi connectivity index (χ0n) is 18.1. The van der Waals surface area contributed by atoms with Gasteiger partial charge in [0.05, 0.1) is 6.21 Å². The van der Waals surface area contributed by atoms with Crippen molar-refractivity contribution >= 4 is 34.5 Å². The lowest BCUT2D eigenvalue weighted by Gasteiger charge is -2.08. The Morgan fingerprint density at radius 3 is 2.36 bits per heavy atom. The van der Waals surface area contributed by atoms with Gasteiger partial charge in [-0.15, -0.1) is 0 Å². The van der Waals surface area contributed by atoms with E-state index in [-0.39, 0.29) is 0 Å². The van der Waals surface area contributed by atoms with Crippen LogP contribution in [0.2, 0.25) is 0 Å². The number of benzene rings is 4. The minimum atomic E-state index is -0.850. The van der Waals surface area contributed by atoms with E-state index in [9.17, 15) is 9.59 Å². The molecule has 0 fully saturated rings. The largest absolute Gasteiger partial charge is 0.489 e. The van der Waals surface area contributed by atoms with Crippen molar-refractivity contribution in [1.29, 1.82) is 0 Å². The fourth-order valence-electron chi connectivity index (χ4n) is 3.23. The van der Waals surface area contributed by atoms with Crippen molar-refractivity contribution in [1.82, 2.24) is 5.43 Å². The van der Waals surface area contributed by atoms with E-state index in [0.717, 1.165) is 27.6 Å². The molecule has 0 aliphatic carbocycles. The van der Waals surface area contributed by atoms with E-state index < -0.39 is 11.8 Å². The Morgan fingerprint density at radius 2 is 1.58 bits per heavy atom. The van der Waals surface area contributed by atoms with Gasteiger partial charge in [0.15, 0.2) is 0 Å². The smallest absolute Gasteiger partial charge is 0.329 e. The van der Waals surface area contributed by atoms with Gasteiger partial charge >= 0.3 is 11.8 Å². The maximum atomic E-state index is 12.2. The lowest BCUT2D eigenvalue weighted by molar-refractivity contribution is -0.136. The third-order valence-corrected chi connectivity index (χ3v) is 5.03. The van der Waals surface area contributed by atoms with Gasteiger partial charge in [-0.2, -0.15) is 5.10 Å². The standard InChI is InChI=1S/C27H23N3O3/c1-19-9-11-21(12-10-19)18-33-23-15-13-20(14-16-23)17-28-30-27(32)26(31)29-25-8-4-6-22-5-2-3-7-24(22)25/h2-17H,18H2,1H3,(H,29,31)(H,30,32). The first-order chi connectivity index (χ1) is 16.1. The predicted molar refractivity (Wildman–Crippen MR) is 130 cm³/mol. The number of carbonyl (C=O) groups is 2. The summed E-state index contributed by atoms with van der Waals surface area (Å²) in [6.07, 6.45) is 1.47. The van der Waals surface area contributed by atoms with Crippen LogP contribution in [0.15, 0.2) is 96.1 Å². The van der Waals surface area contributed by atoms with Gasteiger partial charge in [-0.3, -0.25) is 9.59 Å². The summed E-state index contributed by atoms with van der Waals surface area (Å²) in [5.74, 6) is -0.910. The fourth-order valence-corrected chi connectivity index (χ4v) is 3.23. The molecule has 2 amide bonds. The van der Waals surface area contributed by atoms with Crippen LogP contribution >= 0.6 is 0 Å². The molecule has 33 heavy (non-hydrogen) atoms. The molecule has 0 aromatic heterocycles. The lowest BCUT2D eigenvalue weighted by atomic mass is 10.1. The van der Waals surface area contributed by atoms with E-state index in [1.165, 1.54) is 11.8 Å². The van der Waals surface area contributed by atoms with Gasteiger partial charge in [-0.25, -0.2) is 5.43 Å². The van der Waals surface area contributed by atoms with Gasteiger partial charge in [0, 0.05) is 11.1 Å². The summed E-state index contributed by atoms with van der Waals surface area (Å²) in [5.41, 5.74) is 5.88. The van der Waals surface area contributed by atoms with E-state index >= 15 is 0 Å². The topological polar surface area (TPSA) is 79.8 Å².